The van der Waals surface area contributed by atoms with Crippen LogP contribution in [0.1, 0.15) is 47.7 Å². The van der Waals surface area contributed by atoms with E-state index < -0.39 is 0 Å². The molecular weight excluding hydrogens is 483 g/mol. The summed E-state index contributed by atoms with van der Waals surface area (Å²) in [5.41, 5.74) is 16.6. The number of amides is 1. The number of carbonyl (C=O) groups excluding carboxylic acids is 1. The maximum atomic E-state index is 13.9. The fourth-order valence-electron chi connectivity index (χ4n) is 4.70. The summed E-state index contributed by atoms with van der Waals surface area (Å²) in [7, 11) is 0. The van der Waals surface area contributed by atoms with Crippen LogP contribution in [0.15, 0.2) is 36.4 Å². The molecule has 0 bridgehead atoms. The number of nitrogens with two attached hydrogens (primary N) is 2. The van der Waals surface area contributed by atoms with Crippen molar-refractivity contribution in [1.82, 2.24) is 14.9 Å². The molecule has 202 valence electrons. The van der Waals surface area contributed by atoms with Crippen molar-refractivity contribution in [3.8, 4) is 17.1 Å². The highest BCUT2D eigenvalue weighted by Crippen LogP contribution is 2.31. The molecule has 9 heteroatoms. The van der Waals surface area contributed by atoms with Gasteiger partial charge < -0.3 is 21.1 Å². The van der Waals surface area contributed by atoms with Crippen molar-refractivity contribution in [2.45, 2.75) is 46.8 Å². The molecule has 4 rings (SSSR count). The van der Waals surface area contributed by atoms with Gasteiger partial charge >= 0.3 is 0 Å². The van der Waals surface area contributed by atoms with Gasteiger partial charge in [-0.15, -0.1) is 0 Å². The van der Waals surface area contributed by atoms with Gasteiger partial charge in [-0.05, 0) is 60.7 Å². The Balaban J connectivity index is 1.70. The molecule has 8 nitrogen and oxygen atoms in total. The Kier molecular flexibility index (Phi) is 8.58. The van der Waals surface area contributed by atoms with Crippen molar-refractivity contribution < 1.29 is 13.9 Å². The minimum absolute atomic E-state index is 0.174. The van der Waals surface area contributed by atoms with Crippen molar-refractivity contribution in [1.29, 1.82) is 0 Å². The van der Waals surface area contributed by atoms with E-state index in [-0.39, 0.29) is 24.8 Å². The van der Waals surface area contributed by atoms with E-state index >= 15 is 0 Å². The van der Waals surface area contributed by atoms with E-state index in [1.165, 1.54) is 17.7 Å². The van der Waals surface area contributed by atoms with Gasteiger partial charge in [0.1, 0.15) is 24.0 Å². The number of hydrogen-bond donors (Lipinski definition) is 2. The third-order valence-electron chi connectivity index (χ3n) is 7.02. The molecule has 1 saturated heterocycles. The Hall–Kier alpha value is -3.56. The molecule has 1 aliphatic rings. The summed E-state index contributed by atoms with van der Waals surface area (Å²) in [6.07, 6.45) is 0. The van der Waals surface area contributed by atoms with E-state index in [0.717, 1.165) is 28.4 Å². The van der Waals surface area contributed by atoms with E-state index in [0.29, 0.717) is 55.7 Å². The number of rotatable bonds is 9. The van der Waals surface area contributed by atoms with Gasteiger partial charge in [-0.2, -0.15) is 0 Å². The van der Waals surface area contributed by atoms with Crippen molar-refractivity contribution in [3.63, 3.8) is 0 Å². The number of hydrogen-bond acceptors (Lipinski definition) is 7. The normalized spacial score (nSPS) is 14.2. The maximum absolute atomic E-state index is 13.9. The number of nitrogens with zero attached hydrogens (tertiary/aromatic N) is 4. The number of anilines is 1. The maximum Gasteiger partial charge on any atom is 0.231 e. The summed E-state index contributed by atoms with van der Waals surface area (Å²) < 4.78 is 20.3. The predicted octanol–water partition coefficient (Wildman–Crippen LogP) is 3.67. The number of carbonyl (C=O) groups is 1. The summed E-state index contributed by atoms with van der Waals surface area (Å²) in [6, 6.07) is 10.8. The average Bonchev–Trinajstić information content (AvgIpc) is 2.88. The largest absolute Gasteiger partial charge is 0.488 e. The number of benzene rings is 2. The van der Waals surface area contributed by atoms with E-state index in [2.05, 4.69) is 36.9 Å². The highest BCUT2D eigenvalue weighted by Gasteiger charge is 2.25. The lowest BCUT2D eigenvalue weighted by Gasteiger charge is -2.36. The molecule has 0 radical (unpaired) electrons. The van der Waals surface area contributed by atoms with Crippen LogP contribution in [0.2, 0.25) is 0 Å². The van der Waals surface area contributed by atoms with Gasteiger partial charge in [0.2, 0.25) is 5.91 Å². The fraction of sp³-hybridized carbons (Fsp3) is 0.414. The Morgan fingerprint density at radius 1 is 1.08 bits per heavy atom. The highest BCUT2D eigenvalue weighted by molar-refractivity contribution is 5.76. The van der Waals surface area contributed by atoms with Crippen molar-refractivity contribution in [3.05, 3.63) is 70.2 Å². The first-order valence-corrected chi connectivity index (χ1v) is 13.0. The molecule has 1 aromatic heterocycles. The Labute approximate surface area is 223 Å². The van der Waals surface area contributed by atoms with Crippen LogP contribution in [0, 0.1) is 19.7 Å². The molecule has 0 aliphatic carbocycles. The first kappa shape index (κ1) is 27.5. The fourth-order valence-corrected chi connectivity index (χ4v) is 4.70. The van der Waals surface area contributed by atoms with Crippen LogP contribution in [0.4, 0.5) is 10.2 Å². The van der Waals surface area contributed by atoms with Crippen molar-refractivity contribution in [2.75, 3.05) is 37.6 Å². The topological polar surface area (TPSA) is 111 Å². The molecule has 1 aliphatic heterocycles. The zero-order valence-electron chi connectivity index (χ0n) is 22.6. The SMILES string of the molecule is Cc1ccc(C(C)C)cc1OCc1c(C)nc(-c2ccc(F)cc2CN)nc1N1CCN(CC(N)=O)CC1. The summed E-state index contributed by atoms with van der Waals surface area (Å²) in [5.74, 6) is 1.82. The third kappa shape index (κ3) is 6.28. The Bertz CT molecular complexity index is 1300. The molecule has 38 heavy (non-hydrogen) atoms. The molecule has 0 unspecified atom stereocenters. The van der Waals surface area contributed by atoms with Crippen molar-refractivity contribution >= 4 is 11.7 Å². The smallest absolute Gasteiger partial charge is 0.231 e. The van der Waals surface area contributed by atoms with Crippen LogP contribution in [0.5, 0.6) is 5.75 Å². The Morgan fingerprint density at radius 3 is 2.47 bits per heavy atom. The van der Waals surface area contributed by atoms with Crippen molar-refractivity contribution in [2.24, 2.45) is 11.5 Å². The van der Waals surface area contributed by atoms with E-state index in [9.17, 15) is 9.18 Å². The van der Waals surface area contributed by atoms with Gasteiger partial charge in [0.15, 0.2) is 5.82 Å². The predicted molar refractivity (Wildman–Crippen MR) is 148 cm³/mol. The lowest BCUT2D eigenvalue weighted by atomic mass is 10.0. The number of ether oxygens (including phenoxy) is 1. The zero-order chi connectivity index (χ0) is 27.4. The number of primary amides is 1. The lowest BCUT2D eigenvalue weighted by molar-refractivity contribution is -0.119. The molecule has 1 fully saturated rings. The second kappa shape index (κ2) is 11.9. The van der Waals surface area contributed by atoms with Gasteiger partial charge in [0.05, 0.1) is 17.8 Å². The number of aromatic nitrogens is 2. The first-order chi connectivity index (χ1) is 18.2. The monoisotopic (exact) mass is 520 g/mol. The molecule has 0 spiro atoms. The molecule has 4 N–H and O–H groups in total. The molecule has 0 saturated carbocycles. The van der Waals surface area contributed by atoms with E-state index in [4.69, 9.17) is 26.2 Å². The summed E-state index contributed by atoms with van der Waals surface area (Å²) >= 11 is 0. The van der Waals surface area contributed by atoms with Crippen LogP contribution in [-0.2, 0) is 17.9 Å². The van der Waals surface area contributed by atoms with Gasteiger partial charge in [0, 0.05) is 38.3 Å². The van der Waals surface area contributed by atoms with E-state index in [1.54, 1.807) is 6.07 Å². The minimum Gasteiger partial charge on any atom is -0.488 e. The van der Waals surface area contributed by atoms with Gasteiger partial charge in [-0.1, -0.05) is 26.0 Å². The molecule has 2 aromatic carbocycles. The lowest BCUT2D eigenvalue weighted by Crippen LogP contribution is -2.49. The first-order valence-electron chi connectivity index (χ1n) is 13.0. The summed E-state index contributed by atoms with van der Waals surface area (Å²) in [4.78, 5) is 25.4. The molecule has 0 atom stereocenters. The van der Waals surface area contributed by atoms with Gasteiger partial charge in [0.25, 0.3) is 0 Å². The second-order valence-electron chi connectivity index (χ2n) is 10.1. The average molecular weight is 521 g/mol. The van der Waals surface area contributed by atoms with Crippen LogP contribution >= 0.6 is 0 Å². The van der Waals surface area contributed by atoms with E-state index in [1.807, 2.05) is 18.7 Å². The van der Waals surface area contributed by atoms with Crippen LogP contribution in [-0.4, -0.2) is 53.5 Å². The third-order valence-corrected chi connectivity index (χ3v) is 7.02. The van der Waals surface area contributed by atoms with Gasteiger partial charge in [-0.25, -0.2) is 14.4 Å². The highest BCUT2D eigenvalue weighted by atomic mass is 19.1. The number of piperazine rings is 1. The summed E-state index contributed by atoms with van der Waals surface area (Å²) in [6.45, 7) is 11.7. The number of aryl methyl sites for hydroxylation is 2. The summed E-state index contributed by atoms with van der Waals surface area (Å²) in [5, 5.41) is 0. The zero-order valence-corrected chi connectivity index (χ0v) is 22.6. The van der Waals surface area contributed by atoms with Crippen LogP contribution in [0.25, 0.3) is 11.4 Å². The van der Waals surface area contributed by atoms with Crippen LogP contribution < -0.4 is 21.1 Å². The molecule has 1 amide bonds. The Morgan fingerprint density at radius 2 is 1.82 bits per heavy atom. The van der Waals surface area contributed by atoms with Gasteiger partial charge in [-0.3, -0.25) is 9.69 Å². The molecule has 2 heterocycles. The molecular formula is C29H37FN6O2. The second-order valence-corrected chi connectivity index (χ2v) is 10.1. The van der Waals surface area contributed by atoms with Crippen LogP contribution in [0.3, 0.4) is 0 Å². The standard InChI is InChI=1S/C29H37FN6O2/c1-18(2)21-6-5-19(3)26(14-21)38-17-25-20(4)33-28(24-8-7-23(30)13-22(24)15-31)34-29(25)36-11-9-35(10-12-36)16-27(32)37/h5-8,13-14,18H,9-12,15-17,31H2,1-4H3,(H2,32,37). The molecule has 3 aromatic rings. The minimum atomic E-state index is -0.347. The quantitative estimate of drug-likeness (QED) is 0.443. The number of halogens is 1.